The molecule has 0 saturated heterocycles. The Balaban J connectivity index is 3.99. The van der Waals surface area contributed by atoms with Gasteiger partial charge in [-0.3, -0.25) is 0 Å². The molecule has 0 N–H and O–H groups in total. The van der Waals surface area contributed by atoms with E-state index in [0.29, 0.717) is 13.2 Å². The monoisotopic (exact) mass is 218 g/mol. The Kier molecular flexibility index (Phi) is 6.70. The summed E-state index contributed by atoms with van der Waals surface area (Å²) in [6.07, 6.45) is -1.52. The van der Waals surface area contributed by atoms with Crippen molar-refractivity contribution in [2.24, 2.45) is 0 Å². The van der Waals surface area contributed by atoms with E-state index < -0.39 is 24.1 Å². The summed E-state index contributed by atoms with van der Waals surface area (Å²) in [5, 5.41) is 0. The first-order chi connectivity index (χ1) is 7.02. The molecule has 0 bridgehead atoms. The minimum Gasteiger partial charge on any atom is -0.464 e. The van der Waals surface area contributed by atoms with Gasteiger partial charge in [0.15, 0.2) is 12.2 Å². The minimum absolute atomic E-state index is 0.292. The van der Waals surface area contributed by atoms with Crippen molar-refractivity contribution >= 4 is 11.9 Å². The average Bonchev–Trinajstić information content (AvgIpc) is 2.18. The maximum absolute atomic E-state index is 11.2. The van der Waals surface area contributed by atoms with Crippen LogP contribution in [-0.4, -0.2) is 37.4 Å². The molecule has 0 aliphatic heterocycles. The van der Waals surface area contributed by atoms with Crippen LogP contribution in [0.15, 0.2) is 0 Å². The molecule has 5 heteroatoms. The van der Waals surface area contributed by atoms with E-state index in [0.717, 1.165) is 0 Å². The van der Waals surface area contributed by atoms with Crippen molar-refractivity contribution in [3.05, 3.63) is 0 Å². The molecule has 0 aromatic carbocycles. The molecule has 15 heavy (non-hydrogen) atoms. The summed E-state index contributed by atoms with van der Waals surface area (Å²) < 4.78 is 14.6. The van der Waals surface area contributed by atoms with E-state index in [9.17, 15) is 9.59 Å². The molecule has 0 heterocycles. The second-order valence-electron chi connectivity index (χ2n) is 2.92. The predicted molar refractivity (Wildman–Crippen MR) is 53.3 cm³/mol. The number of esters is 2. The molecule has 0 fully saturated rings. The van der Waals surface area contributed by atoms with Gasteiger partial charge in [0.05, 0.1) is 13.2 Å². The van der Waals surface area contributed by atoms with Crippen LogP contribution in [0.1, 0.15) is 27.7 Å². The molecule has 0 aromatic heterocycles. The predicted octanol–water partition coefficient (Wildman–Crippen LogP) is 0.906. The van der Waals surface area contributed by atoms with Gasteiger partial charge in [0.1, 0.15) is 0 Å². The van der Waals surface area contributed by atoms with Crippen molar-refractivity contribution in [2.45, 2.75) is 39.9 Å². The Morgan fingerprint density at radius 1 is 0.933 bits per heavy atom. The molecule has 5 nitrogen and oxygen atoms in total. The van der Waals surface area contributed by atoms with E-state index in [1.165, 1.54) is 13.8 Å². The van der Waals surface area contributed by atoms with Crippen molar-refractivity contribution < 1.29 is 23.8 Å². The summed E-state index contributed by atoms with van der Waals surface area (Å²) in [4.78, 5) is 22.3. The molecule has 0 radical (unpaired) electrons. The van der Waals surface area contributed by atoms with Gasteiger partial charge in [0.2, 0.25) is 0 Å². The first kappa shape index (κ1) is 13.9. The van der Waals surface area contributed by atoms with Crippen molar-refractivity contribution in [3.63, 3.8) is 0 Å². The van der Waals surface area contributed by atoms with Crippen LogP contribution < -0.4 is 0 Å². The third kappa shape index (κ3) is 5.37. The van der Waals surface area contributed by atoms with E-state index in [1.807, 2.05) is 0 Å². The van der Waals surface area contributed by atoms with Crippen molar-refractivity contribution in [2.75, 3.05) is 13.2 Å². The third-order valence-electron chi connectivity index (χ3n) is 1.65. The molecule has 0 aliphatic carbocycles. The SMILES string of the molecule is CCOC(=O)C(C)OC(C)C(=O)OCC. The van der Waals surface area contributed by atoms with Crippen LogP contribution in [0, 0.1) is 0 Å². The third-order valence-corrected chi connectivity index (χ3v) is 1.65. The zero-order chi connectivity index (χ0) is 11.8. The lowest BCUT2D eigenvalue weighted by Gasteiger charge is -2.16. The number of carbonyl (C=O) groups is 2. The van der Waals surface area contributed by atoms with Gasteiger partial charge >= 0.3 is 11.9 Å². The summed E-state index contributed by atoms with van der Waals surface area (Å²) in [5.74, 6) is -0.956. The average molecular weight is 218 g/mol. The van der Waals surface area contributed by atoms with Crippen LogP contribution in [0.2, 0.25) is 0 Å². The number of ether oxygens (including phenoxy) is 3. The van der Waals surface area contributed by atoms with Crippen LogP contribution in [0.25, 0.3) is 0 Å². The number of hydrogen-bond acceptors (Lipinski definition) is 5. The van der Waals surface area contributed by atoms with Crippen molar-refractivity contribution in [1.82, 2.24) is 0 Å². The van der Waals surface area contributed by atoms with Crippen LogP contribution >= 0.6 is 0 Å². The minimum atomic E-state index is -0.760. The molecule has 0 saturated carbocycles. The molecule has 2 atom stereocenters. The normalized spacial score (nSPS) is 14.1. The largest absolute Gasteiger partial charge is 0.464 e. The number of rotatable bonds is 6. The summed E-state index contributed by atoms with van der Waals surface area (Å²) in [6.45, 7) is 7.07. The van der Waals surface area contributed by atoms with Gasteiger partial charge in [0, 0.05) is 0 Å². The second-order valence-corrected chi connectivity index (χ2v) is 2.92. The Morgan fingerprint density at radius 3 is 1.53 bits per heavy atom. The van der Waals surface area contributed by atoms with Gasteiger partial charge in [-0.25, -0.2) is 9.59 Å². The van der Waals surface area contributed by atoms with Crippen molar-refractivity contribution in [1.29, 1.82) is 0 Å². The highest BCUT2D eigenvalue weighted by molar-refractivity contribution is 5.77. The quantitative estimate of drug-likeness (QED) is 0.620. The van der Waals surface area contributed by atoms with Crippen molar-refractivity contribution in [3.8, 4) is 0 Å². The topological polar surface area (TPSA) is 61.8 Å². The molecule has 0 aromatic rings. The lowest BCUT2D eigenvalue weighted by molar-refractivity contribution is -0.169. The van der Waals surface area contributed by atoms with Crippen LogP contribution in [-0.2, 0) is 23.8 Å². The Labute approximate surface area is 89.7 Å². The van der Waals surface area contributed by atoms with Gasteiger partial charge in [-0.15, -0.1) is 0 Å². The Bertz CT molecular complexity index is 192. The standard InChI is InChI=1S/C10H18O5/c1-5-13-9(11)7(3)15-8(4)10(12)14-6-2/h7-8H,5-6H2,1-4H3. The fraction of sp³-hybridized carbons (Fsp3) is 0.800. The van der Waals surface area contributed by atoms with Gasteiger partial charge in [-0.2, -0.15) is 0 Å². The molecule has 0 aliphatic rings. The molecule has 88 valence electrons. The highest BCUT2D eigenvalue weighted by atomic mass is 16.6. The zero-order valence-electron chi connectivity index (χ0n) is 9.61. The lowest BCUT2D eigenvalue weighted by atomic mass is 10.3. The van der Waals surface area contributed by atoms with E-state index >= 15 is 0 Å². The summed E-state index contributed by atoms with van der Waals surface area (Å²) in [7, 11) is 0. The fourth-order valence-corrected chi connectivity index (χ4v) is 0.937. The maximum atomic E-state index is 11.2. The fourth-order valence-electron chi connectivity index (χ4n) is 0.937. The van der Waals surface area contributed by atoms with Crippen LogP contribution in [0.4, 0.5) is 0 Å². The number of hydrogen-bond donors (Lipinski definition) is 0. The molecule has 0 amide bonds. The van der Waals surface area contributed by atoms with E-state index in [4.69, 9.17) is 14.2 Å². The van der Waals surface area contributed by atoms with Crippen LogP contribution in [0.3, 0.4) is 0 Å². The van der Waals surface area contributed by atoms with Gasteiger partial charge < -0.3 is 14.2 Å². The highest BCUT2D eigenvalue weighted by Gasteiger charge is 2.22. The summed E-state index contributed by atoms with van der Waals surface area (Å²) in [5.41, 5.74) is 0. The maximum Gasteiger partial charge on any atom is 0.334 e. The molecule has 0 spiro atoms. The molecular formula is C10H18O5. The van der Waals surface area contributed by atoms with E-state index in [2.05, 4.69) is 0 Å². The molecule has 2 unspecified atom stereocenters. The zero-order valence-corrected chi connectivity index (χ0v) is 9.61. The van der Waals surface area contributed by atoms with E-state index in [-0.39, 0.29) is 0 Å². The van der Waals surface area contributed by atoms with Gasteiger partial charge in [-0.05, 0) is 27.7 Å². The summed E-state index contributed by atoms with van der Waals surface area (Å²) >= 11 is 0. The Morgan fingerprint density at radius 2 is 1.27 bits per heavy atom. The first-order valence-electron chi connectivity index (χ1n) is 5.01. The number of carbonyl (C=O) groups excluding carboxylic acids is 2. The molecular weight excluding hydrogens is 200 g/mol. The van der Waals surface area contributed by atoms with Gasteiger partial charge in [0.25, 0.3) is 0 Å². The lowest BCUT2D eigenvalue weighted by Crippen LogP contribution is -2.32. The second kappa shape index (κ2) is 7.23. The molecule has 0 rings (SSSR count). The highest BCUT2D eigenvalue weighted by Crippen LogP contribution is 2.02. The Hall–Kier alpha value is -1.10. The van der Waals surface area contributed by atoms with Gasteiger partial charge in [-0.1, -0.05) is 0 Å². The summed E-state index contributed by atoms with van der Waals surface area (Å²) in [6, 6.07) is 0. The first-order valence-corrected chi connectivity index (χ1v) is 5.01. The van der Waals surface area contributed by atoms with E-state index in [1.54, 1.807) is 13.8 Å². The smallest absolute Gasteiger partial charge is 0.334 e. The van der Waals surface area contributed by atoms with Crippen LogP contribution in [0.5, 0.6) is 0 Å².